The van der Waals surface area contributed by atoms with E-state index in [1.54, 1.807) is 37.3 Å². The van der Waals surface area contributed by atoms with E-state index in [1.165, 1.54) is 36.4 Å². The summed E-state index contributed by atoms with van der Waals surface area (Å²) in [4.78, 5) is 13.1. The molecule has 0 aliphatic rings. The average Bonchev–Trinajstić information content (AvgIpc) is 2.96. The van der Waals surface area contributed by atoms with E-state index in [0.717, 1.165) is 21.9 Å². The highest BCUT2D eigenvalue weighted by Gasteiger charge is 2.21. The lowest BCUT2D eigenvalue weighted by Gasteiger charge is -2.15. The summed E-state index contributed by atoms with van der Waals surface area (Å²) in [5.74, 6) is -0.539. The first kappa shape index (κ1) is 28.8. The van der Waals surface area contributed by atoms with Crippen molar-refractivity contribution in [3.05, 3.63) is 125 Å². The molecule has 5 rings (SSSR count). The Labute approximate surface area is 245 Å². The number of amides is 1. The van der Waals surface area contributed by atoms with Crippen LogP contribution in [0, 0.1) is 20.8 Å². The summed E-state index contributed by atoms with van der Waals surface area (Å²) >= 11 is 0. The predicted octanol–water partition coefficient (Wildman–Crippen LogP) is 6.62. The molecule has 1 amide bonds. The van der Waals surface area contributed by atoms with Gasteiger partial charge in [-0.1, -0.05) is 54.6 Å². The van der Waals surface area contributed by atoms with E-state index in [0.29, 0.717) is 22.6 Å². The van der Waals surface area contributed by atoms with Gasteiger partial charge in [0.2, 0.25) is 0 Å². The highest BCUT2D eigenvalue weighted by atomic mass is 32.2. The Balaban J connectivity index is 1.33. The standard InChI is InChI=1S/C32H29N3O5S2/c1-21-8-6-12-29(23(21)3)34-42(39,40)31-20-25(15-14-22(31)2)32(36)33-26-16-18-27(19-17-26)41(37,38)35-30-13-7-10-24-9-4-5-11-28(24)30/h4-20,34-35H,1-3H3,(H,33,36). The van der Waals surface area contributed by atoms with Gasteiger partial charge >= 0.3 is 0 Å². The zero-order valence-electron chi connectivity index (χ0n) is 23.2. The number of rotatable bonds is 8. The molecule has 0 bridgehead atoms. The van der Waals surface area contributed by atoms with Gasteiger partial charge in [-0.25, -0.2) is 16.8 Å². The molecule has 5 aromatic carbocycles. The van der Waals surface area contributed by atoms with Crippen LogP contribution in [0.4, 0.5) is 17.1 Å². The summed E-state index contributed by atoms with van der Waals surface area (Å²) in [6.45, 7) is 5.39. The molecule has 0 aliphatic carbocycles. The molecule has 0 heterocycles. The van der Waals surface area contributed by atoms with Crippen LogP contribution in [0.3, 0.4) is 0 Å². The van der Waals surface area contributed by atoms with Gasteiger partial charge in [-0.3, -0.25) is 14.2 Å². The fraction of sp³-hybridized carbons (Fsp3) is 0.0938. The van der Waals surface area contributed by atoms with Gasteiger partial charge < -0.3 is 5.32 Å². The Morgan fingerprint density at radius 1 is 0.619 bits per heavy atom. The minimum Gasteiger partial charge on any atom is -0.322 e. The molecule has 0 saturated heterocycles. The van der Waals surface area contributed by atoms with E-state index >= 15 is 0 Å². The first-order valence-corrected chi connectivity index (χ1v) is 16.0. The number of anilines is 3. The number of carbonyl (C=O) groups is 1. The number of hydrogen-bond donors (Lipinski definition) is 3. The zero-order chi connectivity index (χ0) is 30.1. The summed E-state index contributed by atoms with van der Waals surface area (Å²) in [6, 6.07) is 28.4. The summed E-state index contributed by atoms with van der Waals surface area (Å²) < 4.78 is 57.9. The number of carbonyl (C=O) groups excluding carboxylic acids is 1. The molecule has 0 spiro atoms. The number of hydrogen-bond acceptors (Lipinski definition) is 5. The van der Waals surface area contributed by atoms with Crippen LogP contribution in [0.15, 0.2) is 113 Å². The number of benzene rings is 5. The molecule has 8 nitrogen and oxygen atoms in total. The Hall–Kier alpha value is -4.67. The second-order valence-electron chi connectivity index (χ2n) is 9.94. The van der Waals surface area contributed by atoms with Gasteiger partial charge in [0.1, 0.15) is 0 Å². The molecule has 3 N–H and O–H groups in total. The monoisotopic (exact) mass is 599 g/mol. The SMILES string of the molecule is Cc1ccc(C(=O)Nc2ccc(S(=O)(=O)Nc3cccc4ccccc34)cc2)cc1S(=O)(=O)Nc1cccc(C)c1C. The van der Waals surface area contributed by atoms with E-state index < -0.39 is 26.0 Å². The minimum atomic E-state index is -3.98. The number of fused-ring (bicyclic) bond motifs is 1. The highest BCUT2D eigenvalue weighted by Crippen LogP contribution is 2.27. The van der Waals surface area contributed by atoms with Gasteiger partial charge in [-0.2, -0.15) is 0 Å². The van der Waals surface area contributed by atoms with Gasteiger partial charge in [0.05, 0.1) is 21.2 Å². The number of sulfonamides is 2. The molecule has 0 aliphatic heterocycles. The van der Waals surface area contributed by atoms with Crippen LogP contribution in [0.5, 0.6) is 0 Å². The molecule has 10 heteroatoms. The Morgan fingerprint density at radius 2 is 1.26 bits per heavy atom. The predicted molar refractivity (Wildman–Crippen MR) is 167 cm³/mol. The van der Waals surface area contributed by atoms with Gasteiger partial charge in [0, 0.05) is 16.6 Å². The first-order valence-electron chi connectivity index (χ1n) is 13.1. The molecule has 0 atom stereocenters. The topological polar surface area (TPSA) is 121 Å². The van der Waals surface area contributed by atoms with E-state index in [9.17, 15) is 21.6 Å². The van der Waals surface area contributed by atoms with Crippen molar-refractivity contribution in [2.75, 3.05) is 14.8 Å². The minimum absolute atomic E-state index is 0.0167. The zero-order valence-corrected chi connectivity index (χ0v) is 24.8. The van der Waals surface area contributed by atoms with Crippen LogP contribution in [0.2, 0.25) is 0 Å². The van der Waals surface area contributed by atoms with Crippen molar-refractivity contribution in [2.45, 2.75) is 30.6 Å². The summed E-state index contributed by atoms with van der Waals surface area (Å²) in [7, 11) is -7.87. The van der Waals surface area contributed by atoms with Crippen LogP contribution < -0.4 is 14.8 Å². The third-order valence-corrected chi connectivity index (χ3v) is 9.93. The van der Waals surface area contributed by atoms with Crippen molar-refractivity contribution in [3.8, 4) is 0 Å². The molecule has 0 aromatic heterocycles. The van der Waals surface area contributed by atoms with Crippen molar-refractivity contribution in [2.24, 2.45) is 0 Å². The third kappa shape index (κ3) is 6.00. The maximum absolute atomic E-state index is 13.2. The first-order chi connectivity index (χ1) is 19.9. The molecule has 0 fully saturated rings. The van der Waals surface area contributed by atoms with Crippen LogP contribution in [0.25, 0.3) is 10.8 Å². The van der Waals surface area contributed by atoms with Gasteiger partial charge in [0.25, 0.3) is 26.0 Å². The molecule has 5 aromatic rings. The molecular formula is C32H29N3O5S2. The van der Waals surface area contributed by atoms with E-state index in [4.69, 9.17) is 0 Å². The van der Waals surface area contributed by atoms with Crippen LogP contribution >= 0.6 is 0 Å². The Kier molecular flexibility index (Phi) is 7.77. The van der Waals surface area contributed by atoms with Crippen molar-refractivity contribution < 1.29 is 21.6 Å². The van der Waals surface area contributed by atoms with Crippen molar-refractivity contribution in [1.29, 1.82) is 0 Å². The lowest BCUT2D eigenvalue weighted by molar-refractivity contribution is 0.102. The summed E-state index contributed by atoms with van der Waals surface area (Å²) in [5, 5.41) is 4.39. The van der Waals surface area contributed by atoms with Gasteiger partial charge in [-0.05, 0) is 91.4 Å². The van der Waals surface area contributed by atoms with E-state index in [1.807, 2.05) is 50.2 Å². The molecule has 0 unspecified atom stereocenters. The third-order valence-electron chi connectivity index (χ3n) is 7.05. The van der Waals surface area contributed by atoms with Crippen molar-refractivity contribution in [3.63, 3.8) is 0 Å². The second kappa shape index (κ2) is 11.3. The second-order valence-corrected chi connectivity index (χ2v) is 13.3. The molecule has 214 valence electrons. The highest BCUT2D eigenvalue weighted by molar-refractivity contribution is 7.93. The summed E-state index contributed by atoms with van der Waals surface area (Å²) in [6.07, 6.45) is 0. The van der Waals surface area contributed by atoms with E-state index in [2.05, 4.69) is 14.8 Å². The maximum Gasteiger partial charge on any atom is 0.262 e. The van der Waals surface area contributed by atoms with Crippen LogP contribution in [0.1, 0.15) is 27.0 Å². The average molecular weight is 600 g/mol. The van der Waals surface area contributed by atoms with Crippen LogP contribution in [-0.4, -0.2) is 22.7 Å². The Morgan fingerprint density at radius 3 is 2.02 bits per heavy atom. The lowest BCUT2D eigenvalue weighted by atomic mass is 10.1. The summed E-state index contributed by atoms with van der Waals surface area (Å²) in [5.41, 5.74) is 3.65. The molecular weight excluding hydrogens is 571 g/mol. The fourth-order valence-electron chi connectivity index (χ4n) is 4.53. The number of aryl methyl sites for hydroxylation is 2. The maximum atomic E-state index is 13.2. The lowest BCUT2D eigenvalue weighted by Crippen LogP contribution is -2.18. The van der Waals surface area contributed by atoms with Gasteiger partial charge in [0.15, 0.2) is 0 Å². The van der Waals surface area contributed by atoms with Crippen molar-refractivity contribution >= 4 is 53.8 Å². The Bertz CT molecular complexity index is 2030. The molecule has 0 radical (unpaired) electrons. The largest absolute Gasteiger partial charge is 0.322 e. The van der Waals surface area contributed by atoms with Gasteiger partial charge in [-0.15, -0.1) is 0 Å². The molecule has 42 heavy (non-hydrogen) atoms. The quantitative estimate of drug-likeness (QED) is 0.185. The fourth-order valence-corrected chi connectivity index (χ4v) is 7.01. The van der Waals surface area contributed by atoms with E-state index in [-0.39, 0.29) is 15.4 Å². The van der Waals surface area contributed by atoms with Crippen LogP contribution in [-0.2, 0) is 20.0 Å². The van der Waals surface area contributed by atoms with Crippen molar-refractivity contribution in [1.82, 2.24) is 0 Å². The number of nitrogens with one attached hydrogen (secondary N) is 3. The smallest absolute Gasteiger partial charge is 0.262 e. The normalized spacial score (nSPS) is 11.7. The molecule has 0 saturated carbocycles.